The van der Waals surface area contributed by atoms with E-state index in [1.165, 1.54) is 4.31 Å². The third-order valence-electron chi connectivity index (χ3n) is 6.86. The second kappa shape index (κ2) is 9.88. The monoisotopic (exact) mass is 483 g/mol. The summed E-state index contributed by atoms with van der Waals surface area (Å²) in [5.74, 6) is 0.0431. The Hall–Kier alpha value is -2.71. The highest BCUT2D eigenvalue weighted by molar-refractivity contribution is 7.89. The molecule has 0 aromatic heterocycles. The van der Waals surface area contributed by atoms with Crippen LogP contribution in [0.4, 0.5) is 11.4 Å². The molecule has 2 aliphatic heterocycles. The van der Waals surface area contributed by atoms with Gasteiger partial charge >= 0.3 is 0 Å². The van der Waals surface area contributed by atoms with Crippen LogP contribution in [-0.4, -0.2) is 44.2 Å². The van der Waals surface area contributed by atoms with Crippen LogP contribution in [0.5, 0.6) is 0 Å². The Balaban J connectivity index is 1.37. The molecule has 182 valence electrons. The van der Waals surface area contributed by atoms with Crippen molar-refractivity contribution in [1.82, 2.24) is 4.31 Å². The van der Waals surface area contributed by atoms with E-state index in [9.17, 15) is 18.0 Å². The lowest BCUT2D eigenvalue weighted by Crippen LogP contribution is -2.41. The quantitative estimate of drug-likeness (QED) is 0.692. The summed E-state index contributed by atoms with van der Waals surface area (Å²) in [6.07, 6.45) is 2.74. The van der Waals surface area contributed by atoms with Gasteiger partial charge in [-0.1, -0.05) is 26.0 Å². The zero-order valence-corrected chi connectivity index (χ0v) is 20.9. The largest absolute Gasteiger partial charge is 0.326 e. The first-order valence-electron chi connectivity index (χ1n) is 12.0. The number of rotatable bonds is 5. The van der Waals surface area contributed by atoms with Crippen molar-refractivity contribution in [1.29, 1.82) is 0 Å². The highest BCUT2D eigenvalue weighted by Gasteiger charge is 2.32. The van der Waals surface area contributed by atoms with Crippen LogP contribution in [0.1, 0.15) is 57.1 Å². The molecule has 0 unspecified atom stereocenters. The third-order valence-corrected chi connectivity index (χ3v) is 8.77. The van der Waals surface area contributed by atoms with Gasteiger partial charge in [-0.3, -0.25) is 9.59 Å². The molecule has 2 aromatic carbocycles. The molecule has 8 heteroatoms. The van der Waals surface area contributed by atoms with Gasteiger partial charge in [0.05, 0.1) is 4.90 Å². The van der Waals surface area contributed by atoms with Crippen molar-refractivity contribution >= 4 is 33.2 Å². The number of carbonyl (C=O) groups is 2. The molecule has 4 rings (SSSR count). The first kappa shape index (κ1) is 24.4. The maximum absolute atomic E-state index is 13.0. The van der Waals surface area contributed by atoms with E-state index in [1.807, 2.05) is 30.3 Å². The number of hydrogen-bond donors (Lipinski definition) is 1. The van der Waals surface area contributed by atoms with Crippen molar-refractivity contribution in [2.75, 3.05) is 29.9 Å². The average Bonchev–Trinajstić information content (AvgIpc) is 2.83. The van der Waals surface area contributed by atoms with Crippen LogP contribution in [0.3, 0.4) is 0 Å². The molecule has 0 bridgehead atoms. The highest BCUT2D eigenvalue weighted by atomic mass is 32.2. The lowest BCUT2D eigenvalue weighted by molar-refractivity contribution is -0.121. The Kier molecular flexibility index (Phi) is 7.09. The Bertz CT molecular complexity index is 1170. The molecule has 2 heterocycles. The number of aryl methyl sites for hydroxylation is 1. The van der Waals surface area contributed by atoms with Crippen LogP contribution in [0.15, 0.2) is 47.4 Å². The molecule has 0 atom stereocenters. The van der Waals surface area contributed by atoms with Crippen molar-refractivity contribution in [3.63, 3.8) is 0 Å². The normalized spacial score (nSPS) is 17.5. The van der Waals surface area contributed by atoms with Gasteiger partial charge in [-0.05, 0) is 73.1 Å². The SMILES string of the molecule is CC(=O)N1CCCc2cc(NC(=O)C3CCN(S(=O)(=O)c4ccc(C(C)C)cc4)CC3)ccc21. The minimum Gasteiger partial charge on any atom is -0.326 e. The molecule has 34 heavy (non-hydrogen) atoms. The van der Waals surface area contributed by atoms with Gasteiger partial charge in [-0.2, -0.15) is 4.31 Å². The van der Waals surface area contributed by atoms with Crippen LogP contribution in [-0.2, 0) is 26.0 Å². The topological polar surface area (TPSA) is 86.8 Å². The van der Waals surface area contributed by atoms with Gasteiger partial charge in [0.15, 0.2) is 0 Å². The maximum Gasteiger partial charge on any atom is 0.243 e. The fraction of sp³-hybridized carbons (Fsp3) is 0.462. The molecular formula is C26H33N3O4S. The van der Waals surface area contributed by atoms with Crippen LogP contribution in [0.2, 0.25) is 0 Å². The van der Waals surface area contributed by atoms with Crippen molar-refractivity contribution in [3.8, 4) is 0 Å². The number of piperidine rings is 1. The molecule has 0 spiro atoms. The molecule has 2 aliphatic rings. The lowest BCUT2D eigenvalue weighted by Gasteiger charge is -2.31. The Labute approximate surface area is 202 Å². The molecular weight excluding hydrogens is 450 g/mol. The van der Waals surface area contributed by atoms with Crippen molar-refractivity contribution < 1.29 is 18.0 Å². The molecule has 0 radical (unpaired) electrons. The molecule has 7 nitrogen and oxygen atoms in total. The highest BCUT2D eigenvalue weighted by Crippen LogP contribution is 2.31. The summed E-state index contributed by atoms with van der Waals surface area (Å²) in [7, 11) is -3.57. The molecule has 2 amide bonds. The van der Waals surface area contributed by atoms with E-state index in [2.05, 4.69) is 19.2 Å². The first-order chi connectivity index (χ1) is 16.2. The summed E-state index contributed by atoms with van der Waals surface area (Å²) in [6, 6.07) is 12.8. The summed E-state index contributed by atoms with van der Waals surface area (Å²) in [5.41, 5.74) is 3.79. The molecule has 0 saturated carbocycles. The van der Waals surface area contributed by atoms with Gasteiger partial charge in [0.25, 0.3) is 0 Å². The van der Waals surface area contributed by atoms with Gasteiger partial charge in [0.1, 0.15) is 0 Å². The van der Waals surface area contributed by atoms with Gasteiger partial charge in [-0.25, -0.2) is 8.42 Å². The van der Waals surface area contributed by atoms with Gasteiger partial charge in [0, 0.05) is 43.9 Å². The lowest BCUT2D eigenvalue weighted by atomic mass is 9.96. The zero-order valence-electron chi connectivity index (χ0n) is 20.1. The predicted octanol–water partition coefficient (Wildman–Crippen LogP) is 4.15. The van der Waals surface area contributed by atoms with Crippen molar-refractivity contribution in [3.05, 3.63) is 53.6 Å². The van der Waals surface area contributed by atoms with Crippen LogP contribution in [0, 0.1) is 5.92 Å². The van der Waals surface area contributed by atoms with Crippen LogP contribution in [0.25, 0.3) is 0 Å². The van der Waals surface area contributed by atoms with Crippen LogP contribution < -0.4 is 10.2 Å². The Morgan fingerprint density at radius 1 is 1.00 bits per heavy atom. The maximum atomic E-state index is 13.0. The molecule has 1 N–H and O–H groups in total. The van der Waals surface area contributed by atoms with Gasteiger partial charge < -0.3 is 10.2 Å². The Morgan fingerprint density at radius 2 is 1.68 bits per heavy atom. The summed E-state index contributed by atoms with van der Waals surface area (Å²) < 4.78 is 27.6. The van der Waals surface area contributed by atoms with Crippen molar-refractivity contribution in [2.24, 2.45) is 5.92 Å². The smallest absolute Gasteiger partial charge is 0.243 e. The number of amides is 2. The van der Waals surface area contributed by atoms with E-state index in [1.54, 1.807) is 24.0 Å². The van der Waals surface area contributed by atoms with E-state index < -0.39 is 10.0 Å². The van der Waals surface area contributed by atoms with Gasteiger partial charge in [0.2, 0.25) is 21.8 Å². The fourth-order valence-electron chi connectivity index (χ4n) is 4.78. The van der Waals surface area contributed by atoms with E-state index >= 15 is 0 Å². The third kappa shape index (κ3) is 5.03. The number of hydrogen-bond acceptors (Lipinski definition) is 4. The summed E-state index contributed by atoms with van der Waals surface area (Å²) in [4.78, 5) is 26.8. The van der Waals surface area contributed by atoms with Crippen molar-refractivity contribution in [2.45, 2.75) is 57.3 Å². The number of benzene rings is 2. The predicted molar refractivity (Wildman–Crippen MR) is 133 cm³/mol. The number of anilines is 2. The molecule has 2 aromatic rings. The second-order valence-electron chi connectivity index (χ2n) is 9.51. The minimum absolute atomic E-state index is 0.0234. The number of nitrogens with one attached hydrogen (secondary N) is 1. The second-order valence-corrected chi connectivity index (χ2v) is 11.4. The number of carbonyl (C=O) groups excluding carboxylic acids is 2. The van der Waals surface area contributed by atoms with Gasteiger partial charge in [-0.15, -0.1) is 0 Å². The minimum atomic E-state index is -3.57. The molecule has 0 aliphatic carbocycles. The molecule has 1 saturated heterocycles. The standard InChI is InChI=1S/C26H33N3O4S/c1-18(2)20-6-9-24(10-7-20)34(32,33)28-15-12-21(13-16-28)26(31)27-23-8-11-25-22(17-23)5-4-14-29(25)19(3)30/h6-11,17-18,21H,4-5,12-16H2,1-3H3,(H,27,31). The summed E-state index contributed by atoms with van der Waals surface area (Å²) in [6.45, 7) is 7.08. The number of sulfonamides is 1. The van der Waals surface area contributed by atoms with Crippen LogP contribution >= 0.6 is 0 Å². The summed E-state index contributed by atoms with van der Waals surface area (Å²) in [5, 5.41) is 3.00. The van der Waals surface area contributed by atoms with E-state index in [4.69, 9.17) is 0 Å². The zero-order chi connectivity index (χ0) is 24.5. The summed E-state index contributed by atoms with van der Waals surface area (Å²) >= 11 is 0. The number of fused-ring (bicyclic) bond motifs is 1. The van der Waals surface area contributed by atoms with E-state index in [-0.39, 0.29) is 17.7 Å². The number of nitrogens with zero attached hydrogens (tertiary/aromatic N) is 2. The van der Waals surface area contributed by atoms with E-state index in [0.29, 0.717) is 36.7 Å². The average molecular weight is 484 g/mol. The first-order valence-corrected chi connectivity index (χ1v) is 13.4. The fourth-order valence-corrected chi connectivity index (χ4v) is 6.25. The van der Waals surface area contributed by atoms with E-state index in [0.717, 1.165) is 41.9 Å². The Morgan fingerprint density at radius 3 is 2.29 bits per heavy atom. The molecule has 1 fully saturated rings.